The standard InChI is InChI=1S/C10H8IN3OS/c11-8-4-6(5-16-8)10(15)14-9-7(12)2-1-3-13-9/h1-5H,12H2,(H,13,14,15). The molecule has 4 nitrogen and oxygen atoms in total. The maximum atomic E-state index is 11.8. The molecule has 2 heterocycles. The lowest BCUT2D eigenvalue weighted by molar-refractivity contribution is 0.102. The third-order valence-electron chi connectivity index (χ3n) is 1.90. The zero-order valence-corrected chi connectivity index (χ0v) is 11.1. The van der Waals surface area contributed by atoms with Crippen LogP contribution in [0.2, 0.25) is 0 Å². The molecule has 0 bridgehead atoms. The summed E-state index contributed by atoms with van der Waals surface area (Å²) in [7, 11) is 0. The fourth-order valence-electron chi connectivity index (χ4n) is 1.13. The Labute approximate surface area is 110 Å². The highest BCUT2D eigenvalue weighted by molar-refractivity contribution is 14.1. The largest absolute Gasteiger partial charge is 0.396 e. The predicted molar refractivity (Wildman–Crippen MR) is 73.6 cm³/mol. The number of anilines is 2. The number of amides is 1. The Hall–Kier alpha value is -1.15. The number of carbonyl (C=O) groups is 1. The number of carbonyl (C=O) groups excluding carboxylic acids is 1. The number of nitrogen functional groups attached to an aromatic ring is 1. The van der Waals surface area contributed by atoms with Crippen molar-refractivity contribution in [2.75, 3.05) is 11.1 Å². The zero-order chi connectivity index (χ0) is 11.5. The van der Waals surface area contributed by atoms with Crippen molar-refractivity contribution in [1.29, 1.82) is 0 Å². The number of halogens is 1. The molecule has 2 aromatic heterocycles. The quantitative estimate of drug-likeness (QED) is 0.822. The predicted octanol–water partition coefficient (Wildman–Crippen LogP) is 2.58. The van der Waals surface area contributed by atoms with Crippen LogP contribution in [0.15, 0.2) is 29.8 Å². The lowest BCUT2D eigenvalue weighted by Gasteiger charge is -2.04. The summed E-state index contributed by atoms with van der Waals surface area (Å²) in [5.74, 6) is 0.207. The van der Waals surface area contributed by atoms with E-state index in [-0.39, 0.29) is 5.91 Å². The molecule has 0 radical (unpaired) electrons. The van der Waals surface area contributed by atoms with Crippen molar-refractivity contribution in [3.8, 4) is 0 Å². The average molecular weight is 345 g/mol. The molecule has 0 aliphatic heterocycles. The van der Waals surface area contributed by atoms with Gasteiger partial charge >= 0.3 is 0 Å². The summed E-state index contributed by atoms with van der Waals surface area (Å²) >= 11 is 3.69. The smallest absolute Gasteiger partial charge is 0.257 e. The number of nitrogens with two attached hydrogens (primary N) is 1. The van der Waals surface area contributed by atoms with Gasteiger partial charge in [-0.2, -0.15) is 0 Å². The minimum Gasteiger partial charge on any atom is -0.396 e. The van der Waals surface area contributed by atoms with Crippen molar-refractivity contribution in [3.63, 3.8) is 0 Å². The van der Waals surface area contributed by atoms with Crippen LogP contribution in [0, 0.1) is 2.88 Å². The number of nitrogens with one attached hydrogen (secondary N) is 1. The minimum atomic E-state index is -0.190. The van der Waals surface area contributed by atoms with Gasteiger partial charge in [-0.3, -0.25) is 4.79 Å². The zero-order valence-electron chi connectivity index (χ0n) is 8.11. The van der Waals surface area contributed by atoms with Crippen molar-refractivity contribution in [1.82, 2.24) is 4.98 Å². The summed E-state index contributed by atoms with van der Waals surface area (Å²) < 4.78 is 1.07. The van der Waals surface area contributed by atoms with E-state index in [1.54, 1.807) is 23.7 Å². The van der Waals surface area contributed by atoms with E-state index in [1.165, 1.54) is 11.3 Å². The van der Waals surface area contributed by atoms with Crippen molar-refractivity contribution in [3.05, 3.63) is 38.2 Å². The Bertz CT molecular complexity index is 526. The fourth-order valence-corrected chi connectivity index (χ4v) is 2.46. The summed E-state index contributed by atoms with van der Waals surface area (Å²) in [5.41, 5.74) is 6.76. The van der Waals surface area contributed by atoms with E-state index in [0.717, 1.165) is 2.88 Å². The molecule has 0 saturated heterocycles. The molecule has 0 unspecified atom stereocenters. The lowest BCUT2D eigenvalue weighted by atomic mass is 10.3. The van der Waals surface area contributed by atoms with Crippen LogP contribution in [0.3, 0.4) is 0 Å². The maximum Gasteiger partial charge on any atom is 0.257 e. The number of nitrogens with zero attached hydrogens (tertiary/aromatic N) is 1. The Morgan fingerprint density at radius 2 is 2.38 bits per heavy atom. The number of hydrogen-bond donors (Lipinski definition) is 2. The second kappa shape index (κ2) is 4.79. The Kier molecular flexibility index (Phi) is 3.39. The molecular formula is C10H8IN3OS. The van der Waals surface area contributed by atoms with Crippen LogP contribution >= 0.6 is 33.9 Å². The molecule has 2 aromatic rings. The van der Waals surface area contributed by atoms with Crippen LogP contribution in [0.25, 0.3) is 0 Å². The number of aromatic nitrogens is 1. The molecule has 0 saturated carbocycles. The number of hydrogen-bond acceptors (Lipinski definition) is 4. The summed E-state index contributed by atoms with van der Waals surface area (Å²) in [4.78, 5) is 15.8. The van der Waals surface area contributed by atoms with Gasteiger partial charge < -0.3 is 11.1 Å². The van der Waals surface area contributed by atoms with Gasteiger partial charge in [-0.15, -0.1) is 11.3 Å². The Morgan fingerprint density at radius 3 is 3.00 bits per heavy atom. The van der Waals surface area contributed by atoms with Crippen molar-refractivity contribution >= 4 is 51.3 Å². The molecule has 3 N–H and O–H groups in total. The number of rotatable bonds is 2. The van der Waals surface area contributed by atoms with Gasteiger partial charge in [0.25, 0.3) is 5.91 Å². The molecule has 0 aromatic carbocycles. The summed E-state index contributed by atoms with van der Waals surface area (Å²) in [6.07, 6.45) is 1.59. The van der Waals surface area contributed by atoms with Crippen LogP contribution in [0.4, 0.5) is 11.5 Å². The third kappa shape index (κ3) is 2.50. The first kappa shape index (κ1) is 11.3. The Balaban J connectivity index is 2.17. The normalized spacial score (nSPS) is 10.1. The molecule has 2 rings (SSSR count). The van der Waals surface area contributed by atoms with Gasteiger partial charge in [0.15, 0.2) is 5.82 Å². The molecule has 0 fully saturated rings. The molecule has 0 aliphatic rings. The van der Waals surface area contributed by atoms with E-state index < -0.39 is 0 Å². The fraction of sp³-hybridized carbons (Fsp3) is 0. The highest BCUT2D eigenvalue weighted by Gasteiger charge is 2.10. The second-order valence-electron chi connectivity index (χ2n) is 3.03. The molecule has 0 atom stereocenters. The highest BCUT2D eigenvalue weighted by Crippen LogP contribution is 2.19. The van der Waals surface area contributed by atoms with Crippen LogP contribution in [-0.2, 0) is 0 Å². The van der Waals surface area contributed by atoms with Crippen LogP contribution in [0.5, 0.6) is 0 Å². The van der Waals surface area contributed by atoms with E-state index in [9.17, 15) is 4.79 Å². The first-order chi connectivity index (χ1) is 7.66. The molecule has 6 heteroatoms. The van der Waals surface area contributed by atoms with E-state index in [4.69, 9.17) is 5.73 Å². The molecule has 82 valence electrons. The molecule has 0 aliphatic carbocycles. The number of thiophene rings is 1. The maximum absolute atomic E-state index is 11.8. The van der Waals surface area contributed by atoms with E-state index >= 15 is 0 Å². The van der Waals surface area contributed by atoms with Crippen LogP contribution in [-0.4, -0.2) is 10.9 Å². The summed E-state index contributed by atoms with van der Waals surface area (Å²) in [5, 5.41) is 4.47. The summed E-state index contributed by atoms with van der Waals surface area (Å²) in [6, 6.07) is 5.23. The molecule has 16 heavy (non-hydrogen) atoms. The van der Waals surface area contributed by atoms with Gasteiger partial charge in [-0.1, -0.05) is 0 Å². The van der Waals surface area contributed by atoms with Crippen LogP contribution < -0.4 is 11.1 Å². The van der Waals surface area contributed by atoms with E-state index in [2.05, 4.69) is 32.9 Å². The lowest BCUT2D eigenvalue weighted by Crippen LogP contribution is -2.13. The first-order valence-electron chi connectivity index (χ1n) is 4.42. The topological polar surface area (TPSA) is 68.0 Å². The SMILES string of the molecule is Nc1cccnc1NC(=O)c1csc(I)c1. The minimum absolute atomic E-state index is 0.190. The van der Waals surface area contributed by atoms with Gasteiger partial charge in [0.05, 0.1) is 14.1 Å². The van der Waals surface area contributed by atoms with Crippen molar-refractivity contribution < 1.29 is 4.79 Å². The van der Waals surface area contributed by atoms with E-state index in [1.807, 2.05) is 6.07 Å². The third-order valence-corrected chi connectivity index (χ3v) is 3.69. The number of pyridine rings is 1. The van der Waals surface area contributed by atoms with Crippen molar-refractivity contribution in [2.45, 2.75) is 0 Å². The van der Waals surface area contributed by atoms with Gasteiger partial charge in [0, 0.05) is 11.6 Å². The monoisotopic (exact) mass is 345 g/mol. The van der Waals surface area contributed by atoms with Crippen LogP contribution in [0.1, 0.15) is 10.4 Å². The molecular weight excluding hydrogens is 337 g/mol. The summed E-state index contributed by atoms with van der Waals surface area (Å²) in [6.45, 7) is 0. The van der Waals surface area contributed by atoms with Gasteiger partial charge in [-0.05, 0) is 40.8 Å². The first-order valence-corrected chi connectivity index (χ1v) is 6.38. The molecule has 0 spiro atoms. The van der Waals surface area contributed by atoms with E-state index in [0.29, 0.717) is 17.1 Å². The van der Waals surface area contributed by atoms with Gasteiger partial charge in [0.1, 0.15) is 0 Å². The Morgan fingerprint density at radius 1 is 1.56 bits per heavy atom. The van der Waals surface area contributed by atoms with Crippen molar-refractivity contribution in [2.24, 2.45) is 0 Å². The second-order valence-corrected chi connectivity index (χ2v) is 5.84. The van der Waals surface area contributed by atoms with Gasteiger partial charge in [0.2, 0.25) is 0 Å². The average Bonchev–Trinajstić information content (AvgIpc) is 2.68. The highest BCUT2D eigenvalue weighted by atomic mass is 127. The molecule has 1 amide bonds. The van der Waals surface area contributed by atoms with Gasteiger partial charge in [-0.25, -0.2) is 4.98 Å².